The van der Waals surface area contributed by atoms with Gasteiger partial charge in [-0.3, -0.25) is 9.59 Å². The van der Waals surface area contributed by atoms with E-state index in [1.165, 1.54) is 0 Å². The highest BCUT2D eigenvalue weighted by Gasteiger charge is 2.46. The highest BCUT2D eigenvalue weighted by Crippen LogP contribution is 2.42. The first kappa shape index (κ1) is 21.7. The van der Waals surface area contributed by atoms with Crippen molar-refractivity contribution in [3.8, 4) is 5.75 Å². The molecular formula is C26H28N2O4. The zero-order valence-corrected chi connectivity index (χ0v) is 18.8. The number of carbonyl (C=O) groups is 2. The lowest BCUT2D eigenvalue weighted by atomic mass is 9.95. The van der Waals surface area contributed by atoms with E-state index in [4.69, 9.17) is 4.74 Å². The van der Waals surface area contributed by atoms with Gasteiger partial charge in [-0.05, 0) is 38.5 Å². The molecule has 2 aromatic carbocycles. The molecular weight excluding hydrogens is 404 g/mol. The lowest BCUT2D eigenvalue weighted by Crippen LogP contribution is -2.30. The van der Waals surface area contributed by atoms with E-state index >= 15 is 0 Å². The number of benzene rings is 2. The van der Waals surface area contributed by atoms with Gasteiger partial charge in [0.15, 0.2) is 0 Å². The Labute approximate surface area is 187 Å². The van der Waals surface area contributed by atoms with E-state index < -0.39 is 17.7 Å². The molecule has 0 radical (unpaired) electrons. The molecule has 1 aromatic heterocycles. The van der Waals surface area contributed by atoms with Gasteiger partial charge in [0.2, 0.25) is 0 Å². The van der Waals surface area contributed by atoms with E-state index in [1.807, 2.05) is 62.8 Å². The molecule has 1 aliphatic heterocycles. The van der Waals surface area contributed by atoms with Crippen LogP contribution in [0.25, 0.3) is 16.7 Å². The minimum Gasteiger partial charge on any atom is -0.507 e. The molecule has 1 atom stereocenters. The molecule has 6 heteroatoms. The summed E-state index contributed by atoms with van der Waals surface area (Å²) in [6, 6.07) is 14.2. The minimum absolute atomic E-state index is 0.0294. The highest BCUT2D eigenvalue weighted by molar-refractivity contribution is 6.46. The Morgan fingerprint density at radius 1 is 1.12 bits per heavy atom. The van der Waals surface area contributed by atoms with Crippen molar-refractivity contribution in [3.63, 3.8) is 0 Å². The number of carbonyl (C=O) groups excluding carboxylic acids is 2. The van der Waals surface area contributed by atoms with Gasteiger partial charge < -0.3 is 19.3 Å². The van der Waals surface area contributed by atoms with E-state index in [-0.39, 0.29) is 17.4 Å². The van der Waals surface area contributed by atoms with Gasteiger partial charge in [0, 0.05) is 41.8 Å². The van der Waals surface area contributed by atoms with E-state index in [0.717, 1.165) is 16.5 Å². The van der Waals surface area contributed by atoms with Crippen LogP contribution >= 0.6 is 0 Å². The maximum absolute atomic E-state index is 13.1. The number of ether oxygens (including phenoxy) is 1. The van der Waals surface area contributed by atoms with Gasteiger partial charge in [0.05, 0.1) is 17.7 Å². The molecule has 1 fully saturated rings. The second kappa shape index (κ2) is 8.54. The van der Waals surface area contributed by atoms with Gasteiger partial charge in [0.25, 0.3) is 11.7 Å². The lowest BCUT2D eigenvalue weighted by Gasteiger charge is -2.24. The topological polar surface area (TPSA) is 71.8 Å². The predicted molar refractivity (Wildman–Crippen MR) is 124 cm³/mol. The summed E-state index contributed by atoms with van der Waals surface area (Å²) in [6.07, 6.45) is 2.61. The molecule has 1 unspecified atom stereocenters. The Morgan fingerprint density at radius 2 is 1.88 bits per heavy atom. The molecule has 0 saturated carbocycles. The third kappa shape index (κ3) is 3.66. The molecule has 6 nitrogen and oxygen atoms in total. The number of aliphatic hydroxyl groups is 1. The fourth-order valence-corrected chi connectivity index (χ4v) is 4.41. The summed E-state index contributed by atoms with van der Waals surface area (Å²) in [5, 5.41) is 12.2. The van der Waals surface area contributed by atoms with Crippen LogP contribution in [0.2, 0.25) is 0 Å². The summed E-state index contributed by atoms with van der Waals surface area (Å²) in [6.45, 7) is 6.23. The van der Waals surface area contributed by atoms with Crippen LogP contribution in [-0.4, -0.2) is 38.9 Å². The van der Waals surface area contributed by atoms with Crippen molar-refractivity contribution < 1.29 is 19.4 Å². The maximum atomic E-state index is 13.1. The average molecular weight is 433 g/mol. The summed E-state index contributed by atoms with van der Waals surface area (Å²) in [5.41, 5.74) is 2.38. The third-order valence-electron chi connectivity index (χ3n) is 5.71. The van der Waals surface area contributed by atoms with E-state index in [2.05, 4.69) is 0 Å². The molecule has 0 bridgehead atoms. The largest absolute Gasteiger partial charge is 0.507 e. The smallest absolute Gasteiger partial charge is 0.295 e. The number of aryl methyl sites for hydroxylation is 1. The van der Waals surface area contributed by atoms with Crippen LogP contribution in [0.5, 0.6) is 5.75 Å². The van der Waals surface area contributed by atoms with Crippen LogP contribution < -0.4 is 4.74 Å². The number of nitrogens with zero attached hydrogens (tertiary/aromatic N) is 2. The van der Waals surface area contributed by atoms with E-state index in [9.17, 15) is 14.7 Å². The number of hydrogen-bond acceptors (Lipinski definition) is 4. The second-order valence-electron chi connectivity index (χ2n) is 8.40. The zero-order chi connectivity index (χ0) is 23.0. The zero-order valence-electron chi connectivity index (χ0n) is 18.8. The number of rotatable bonds is 6. The van der Waals surface area contributed by atoms with Gasteiger partial charge in [-0.25, -0.2) is 0 Å². The summed E-state index contributed by atoms with van der Waals surface area (Å²) in [4.78, 5) is 27.7. The number of aliphatic hydroxyl groups excluding tert-OH is 1. The summed E-state index contributed by atoms with van der Waals surface area (Å²) in [5.74, 6) is -0.840. The first-order valence-corrected chi connectivity index (χ1v) is 10.9. The summed E-state index contributed by atoms with van der Waals surface area (Å²) in [7, 11) is 1.94. The number of likely N-dealkylation sites (tertiary alicyclic amines) is 1. The van der Waals surface area contributed by atoms with Crippen molar-refractivity contribution in [2.45, 2.75) is 39.3 Å². The first-order chi connectivity index (χ1) is 15.3. The molecule has 0 aliphatic carbocycles. The molecule has 0 spiro atoms. The van der Waals surface area contributed by atoms with E-state index in [1.54, 1.807) is 29.2 Å². The lowest BCUT2D eigenvalue weighted by molar-refractivity contribution is -0.139. The van der Waals surface area contributed by atoms with Crippen molar-refractivity contribution in [2.75, 3.05) is 6.54 Å². The third-order valence-corrected chi connectivity index (χ3v) is 5.71. The molecule has 166 valence electrons. The van der Waals surface area contributed by atoms with Gasteiger partial charge in [-0.2, -0.15) is 0 Å². The summed E-state index contributed by atoms with van der Waals surface area (Å²) < 4.78 is 7.73. The first-order valence-electron chi connectivity index (χ1n) is 10.9. The molecule has 1 saturated heterocycles. The quantitative estimate of drug-likeness (QED) is 0.345. The van der Waals surface area contributed by atoms with E-state index in [0.29, 0.717) is 24.3 Å². The SMILES string of the molecule is CCCN1C(=O)C(=O)/C(=C(/O)c2cccc(OC(C)C)c2)C1c1cn(C)c2ccccc12. The van der Waals surface area contributed by atoms with Gasteiger partial charge in [-0.15, -0.1) is 0 Å². The summed E-state index contributed by atoms with van der Waals surface area (Å²) >= 11 is 0. The number of aromatic nitrogens is 1. The monoisotopic (exact) mass is 432 g/mol. The second-order valence-corrected chi connectivity index (χ2v) is 8.40. The standard InChI is InChI=1S/C26H28N2O4/c1-5-13-28-23(20-15-27(4)21-12-7-6-11-19(20)21)22(25(30)26(28)31)24(29)17-9-8-10-18(14-17)32-16(2)3/h6-12,14-16,23,29H,5,13H2,1-4H3/b24-22+. The van der Waals surface area contributed by atoms with Crippen molar-refractivity contribution in [1.82, 2.24) is 9.47 Å². The number of hydrogen-bond donors (Lipinski definition) is 1. The molecule has 4 rings (SSSR count). The van der Waals surface area contributed by atoms with Gasteiger partial charge in [0.1, 0.15) is 11.5 Å². The van der Waals surface area contributed by atoms with Crippen LogP contribution in [0.4, 0.5) is 0 Å². The minimum atomic E-state index is -0.663. The number of ketones is 1. The van der Waals surface area contributed by atoms with Gasteiger partial charge >= 0.3 is 0 Å². The van der Waals surface area contributed by atoms with Crippen molar-refractivity contribution >= 4 is 28.4 Å². The van der Waals surface area contributed by atoms with Gasteiger partial charge in [-0.1, -0.05) is 37.3 Å². The Kier molecular flexibility index (Phi) is 5.78. The molecule has 1 N–H and O–H groups in total. The molecule has 2 heterocycles. The molecule has 1 aliphatic rings. The number of amides is 1. The number of para-hydroxylation sites is 1. The van der Waals surface area contributed by atoms with Crippen LogP contribution in [0.15, 0.2) is 60.3 Å². The van der Waals surface area contributed by atoms with Crippen molar-refractivity contribution in [2.24, 2.45) is 7.05 Å². The van der Waals surface area contributed by atoms with Crippen LogP contribution in [-0.2, 0) is 16.6 Å². The van der Waals surface area contributed by atoms with Crippen LogP contribution in [0.1, 0.15) is 44.4 Å². The van der Waals surface area contributed by atoms with Crippen molar-refractivity contribution in [3.05, 3.63) is 71.4 Å². The normalized spacial score (nSPS) is 18.2. The molecule has 1 amide bonds. The fraction of sp³-hybridized carbons (Fsp3) is 0.308. The fourth-order valence-electron chi connectivity index (χ4n) is 4.41. The Morgan fingerprint density at radius 3 is 2.59 bits per heavy atom. The van der Waals surface area contributed by atoms with Crippen LogP contribution in [0, 0.1) is 0 Å². The maximum Gasteiger partial charge on any atom is 0.295 e. The highest BCUT2D eigenvalue weighted by atomic mass is 16.5. The molecule has 3 aromatic rings. The van der Waals surface area contributed by atoms with Crippen molar-refractivity contribution in [1.29, 1.82) is 0 Å². The van der Waals surface area contributed by atoms with Crippen LogP contribution in [0.3, 0.4) is 0 Å². The number of fused-ring (bicyclic) bond motifs is 1. The molecule has 32 heavy (non-hydrogen) atoms. The number of Topliss-reactive ketones (excluding diaryl/α,β-unsaturated/α-hetero) is 1. The Balaban J connectivity index is 1.92. The Bertz CT molecular complexity index is 1220. The Hall–Kier alpha value is -3.54. The average Bonchev–Trinajstić information content (AvgIpc) is 3.22. The predicted octanol–water partition coefficient (Wildman–Crippen LogP) is 4.80.